The summed E-state index contributed by atoms with van der Waals surface area (Å²) in [6, 6.07) is 12.0. The van der Waals surface area contributed by atoms with E-state index in [1.165, 1.54) is 17.8 Å². The number of hydrogen-bond donors (Lipinski definition) is 3. The van der Waals surface area contributed by atoms with Gasteiger partial charge in [-0.3, -0.25) is 4.79 Å². The summed E-state index contributed by atoms with van der Waals surface area (Å²) in [6.07, 6.45) is -0.113. The minimum Gasteiger partial charge on any atom is -0.507 e. The first-order valence-corrected chi connectivity index (χ1v) is 9.88. The molecule has 7 heteroatoms. The van der Waals surface area contributed by atoms with E-state index in [4.69, 9.17) is 4.42 Å². The number of aliphatic hydroxyl groups excluding tert-OH is 1. The molecule has 3 aromatic rings. The van der Waals surface area contributed by atoms with Gasteiger partial charge in [0.2, 0.25) is 0 Å². The Morgan fingerprint density at radius 2 is 1.89 bits per heavy atom. The Morgan fingerprint density at radius 3 is 2.61 bits per heavy atom. The van der Waals surface area contributed by atoms with E-state index >= 15 is 0 Å². The molecule has 0 spiro atoms. The number of hydrogen-bond acceptors (Lipinski definition) is 7. The van der Waals surface area contributed by atoms with Crippen molar-refractivity contribution < 1.29 is 19.7 Å². The summed E-state index contributed by atoms with van der Waals surface area (Å²) in [5, 5.41) is 31.8. The summed E-state index contributed by atoms with van der Waals surface area (Å²) in [7, 11) is 1.92. The van der Waals surface area contributed by atoms with Crippen LogP contribution in [0.15, 0.2) is 61.7 Å². The number of aliphatic hydroxyl groups is 1. The number of nitrogens with zero attached hydrogens (tertiary/aromatic N) is 1. The number of phenolic OH excluding ortho intramolecular Hbond substituents is 2. The number of piperidine rings is 1. The van der Waals surface area contributed by atoms with Gasteiger partial charge in [0.1, 0.15) is 22.5 Å². The lowest BCUT2D eigenvalue weighted by Crippen LogP contribution is -2.40. The fourth-order valence-electron chi connectivity index (χ4n) is 3.74. The van der Waals surface area contributed by atoms with Crippen LogP contribution in [0.3, 0.4) is 0 Å². The fourth-order valence-corrected chi connectivity index (χ4v) is 4.56. The zero-order valence-corrected chi connectivity index (χ0v) is 16.1. The van der Waals surface area contributed by atoms with Crippen LogP contribution in [0.1, 0.15) is 17.9 Å². The number of β-amino-alcohol motifs (C(OH)–C–C–N with tert-alkyl or cyclic N) is 1. The van der Waals surface area contributed by atoms with Crippen LogP contribution in [0.25, 0.3) is 11.0 Å². The lowest BCUT2D eigenvalue weighted by molar-refractivity contribution is 0.0630. The number of fused-ring (bicyclic) bond motifs is 1. The molecule has 2 heterocycles. The van der Waals surface area contributed by atoms with Gasteiger partial charge in [-0.15, -0.1) is 0 Å². The van der Waals surface area contributed by atoms with Gasteiger partial charge in [0.15, 0.2) is 10.5 Å². The molecule has 1 aliphatic rings. The van der Waals surface area contributed by atoms with Crippen molar-refractivity contribution in [1.29, 1.82) is 0 Å². The molecule has 2 atom stereocenters. The highest BCUT2D eigenvalue weighted by Crippen LogP contribution is 2.42. The van der Waals surface area contributed by atoms with Crippen LogP contribution in [-0.2, 0) is 0 Å². The van der Waals surface area contributed by atoms with Crippen LogP contribution in [0.2, 0.25) is 0 Å². The maximum Gasteiger partial charge on any atom is 0.197 e. The van der Waals surface area contributed by atoms with Crippen molar-refractivity contribution in [1.82, 2.24) is 4.90 Å². The van der Waals surface area contributed by atoms with Gasteiger partial charge >= 0.3 is 0 Å². The van der Waals surface area contributed by atoms with E-state index in [0.29, 0.717) is 23.6 Å². The molecule has 1 aliphatic heterocycles. The predicted molar refractivity (Wildman–Crippen MR) is 107 cm³/mol. The van der Waals surface area contributed by atoms with Gasteiger partial charge in [-0.05, 0) is 32.1 Å². The topological polar surface area (TPSA) is 94.1 Å². The first-order valence-electron chi connectivity index (χ1n) is 9.06. The van der Waals surface area contributed by atoms with Crippen molar-refractivity contribution in [2.75, 3.05) is 20.1 Å². The molecule has 0 radical (unpaired) electrons. The third-order valence-electron chi connectivity index (χ3n) is 5.09. The van der Waals surface area contributed by atoms with E-state index in [9.17, 15) is 20.1 Å². The van der Waals surface area contributed by atoms with Gasteiger partial charge in [0, 0.05) is 35.1 Å². The first-order chi connectivity index (χ1) is 13.4. The van der Waals surface area contributed by atoms with Gasteiger partial charge < -0.3 is 24.6 Å². The summed E-state index contributed by atoms with van der Waals surface area (Å²) in [5.74, 6) is -0.897. The number of phenols is 2. The average molecular weight is 399 g/mol. The molecule has 4 rings (SSSR count). The largest absolute Gasteiger partial charge is 0.507 e. The Bertz CT molecular complexity index is 1070. The molecular formula is C21H21NO5S. The average Bonchev–Trinajstić information content (AvgIpc) is 2.63. The van der Waals surface area contributed by atoms with Gasteiger partial charge in [-0.25, -0.2) is 0 Å². The molecule has 0 unspecified atom stereocenters. The molecule has 1 saturated heterocycles. The third-order valence-corrected chi connectivity index (χ3v) is 6.00. The lowest BCUT2D eigenvalue weighted by Gasteiger charge is -2.34. The number of aromatic hydroxyl groups is 2. The molecule has 1 fully saturated rings. The van der Waals surface area contributed by atoms with Crippen LogP contribution in [0, 0.1) is 0 Å². The minimum absolute atomic E-state index is 0.0244. The number of rotatable bonds is 3. The molecule has 0 saturated carbocycles. The van der Waals surface area contributed by atoms with E-state index < -0.39 is 6.10 Å². The Labute approximate surface area is 166 Å². The third kappa shape index (κ3) is 3.48. The van der Waals surface area contributed by atoms with Crippen LogP contribution in [0.5, 0.6) is 11.5 Å². The summed E-state index contributed by atoms with van der Waals surface area (Å²) >= 11 is 1.28. The summed E-state index contributed by atoms with van der Waals surface area (Å²) < 4.78 is 5.99. The molecular weight excluding hydrogens is 378 g/mol. The van der Waals surface area contributed by atoms with E-state index in [-0.39, 0.29) is 33.8 Å². The Balaban J connectivity index is 1.88. The highest BCUT2D eigenvalue weighted by atomic mass is 32.2. The maximum absolute atomic E-state index is 12.7. The van der Waals surface area contributed by atoms with E-state index in [1.807, 2.05) is 42.3 Å². The molecule has 0 bridgehead atoms. The van der Waals surface area contributed by atoms with Crippen molar-refractivity contribution in [3.63, 3.8) is 0 Å². The number of likely N-dealkylation sites (tertiary alicyclic amines) is 1. The summed E-state index contributed by atoms with van der Waals surface area (Å²) in [5.41, 5.74) is 0.124. The first kappa shape index (κ1) is 18.9. The zero-order chi connectivity index (χ0) is 19.8. The van der Waals surface area contributed by atoms with Crippen molar-refractivity contribution in [3.8, 4) is 11.5 Å². The van der Waals surface area contributed by atoms with Crippen LogP contribution in [0.4, 0.5) is 0 Å². The van der Waals surface area contributed by atoms with Gasteiger partial charge in [0.25, 0.3) is 0 Å². The monoisotopic (exact) mass is 399 g/mol. The normalized spacial score (nSPS) is 20.5. The molecule has 146 valence electrons. The quantitative estimate of drug-likeness (QED) is 0.623. The van der Waals surface area contributed by atoms with Crippen molar-refractivity contribution in [3.05, 3.63) is 58.3 Å². The van der Waals surface area contributed by atoms with Crippen LogP contribution < -0.4 is 5.43 Å². The zero-order valence-electron chi connectivity index (χ0n) is 15.3. The fraction of sp³-hybridized carbons (Fsp3) is 0.286. The van der Waals surface area contributed by atoms with Gasteiger partial charge in [0.05, 0.1) is 6.10 Å². The second-order valence-corrected chi connectivity index (χ2v) is 8.18. The second-order valence-electron chi connectivity index (χ2n) is 7.10. The summed E-state index contributed by atoms with van der Waals surface area (Å²) in [4.78, 5) is 15.6. The molecule has 2 aromatic carbocycles. The SMILES string of the molecule is CN1CC[C@H](c2c(O)cc(O)c3c(=O)cc(Sc4ccccc4)oc23)[C@H](O)C1. The Morgan fingerprint density at radius 1 is 1.14 bits per heavy atom. The minimum atomic E-state index is -0.715. The molecule has 3 N–H and O–H groups in total. The Kier molecular flexibility index (Phi) is 5.05. The van der Waals surface area contributed by atoms with Crippen molar-refractivity contribution in [2.24, 2.45) is 0 Å². The van der Waals surface area contributed by atoms with Crippen LogP contribution in [-0.4, -0.2) is 46.5 Å². The molecule has 6 nitrogen and oxygen atoms in total. The number of likely N-dealkylation sites (N-methyl/N-ethyl adjacent to an activating group) is 1. The summed E-state index contributed by atoms with van der Waals surface area (Å²) in [6.45, 7) is 1.20. The highest BCUT2D eigenvalue weighted by molar-refractivity contribution is 7.99. The van der Waals surface area contributed by atoms with Gasteiger partial charge in [-0.2, -0.15) is 0 Å². The van der Waals surface area contributed by atoms with Crippen molar-refractivity contribution >= 4 is 22.7 Å². The smallest absolute Gasteiger partial charge is 0.197 e. The van der Waals surface area contributed by atoms with E-state index in [2.05, 4.69) is 0 Å². The number of benzene rings is 2. The standard InChI is InChI=1S/C21H21NO5S/c1-22-8-7-13(17(26)11-22)19-14(23)9-15(24)20-16(25)10-18(27-21(19)20)28-12-5-3-2-4-6-12/h2-6,9-10,13,17,23-24,26H,7-8,11H2,1H3/t13-,17+/m0/s1. The highest BCUT2D eigenvalue weighted by Gasteiger charge is 2.33. The predicted octanol–water partition coefficient (Wildman–Crippen LogP) is 3.14. The van der Waals surface area contributed by atoms with E-state index in [1.54, 1.807) is 0 Å². The van der Waals surface area contributed by atoms with Gasteiger partial charge in [-0.1, -0.05) is 30.0 Å². The molecule has 0 amide bonds. The second kappa shape index (κ2) is 7.50. The van der Waals surface area contributed by atoms with E-state index in [0.717, 1.165) is 17.5 Å². The van der Waals surface area contributed by atoms with Crippen molar-refractivity contribution in [2.45, 2.75) is 28.4 Å². The lowest BCUT2D eigenvalue weighted by atomic mass is 9.85. The Hall–Kier alpha value is -2.48. The van der Waals surface area contributed by atoms with Crippen LogP contribution >= 0.6 is 11.8 Å². The molecule has 0 aliphatic carbocycles. The molecule has 28 heavy (non-hydrogen) atoms. The molecule has 1 aromatic heterocycles. The maximum atomic E-state index is 12.7.